The molecule has 4 heteroatoms. The predicted octanol–water partition coefficient (Wildman–Crippen LogP) is -0.237. The highest BCUT2D eigenvalue weighted by Crippen LogP contribution is 2.07. The molecule has 0 bridgehead atoms. The van der Waals surface area contributed by atoms with E-state index in [9.17, 15) is 9.35 Å². The fourth-order valence-electron chi connectivity index (χ4n) is 1.000. The summed E-state index contributed by atoms with van der Waals surface area (Å²) >= 11 is -0.678. The van der Waals surface area contributed by atoms with E-state index in [1.165, 1.54) is 0 Å². The van der Waals surface area contributed by atoms with Crippen LogP contribution < -0.4 is 0 Å². The van der Waals surface area contributed by atoms with Gasteiger partial charge in [0.15, 0.2) is 6.29 Å². The van der Waals surface area contributed by atoms with Gasteiger partial charge in [-0.15, -0.1) is 0 Å². The average Bonchev–Trinajstić information content (AvgIpc) is 2.05. The minimum absolute atomic E-state index is 0.502. The van der Waals surface area contributed by atoms with E-state index in [0.29, 0.717) is 30.3 Å². The van der Waals surface area contributed by atoms with Crippen molar-refractivity contribution in [2.75, 3.05) is 24.6 Å². The minimum Gasteiger partial charge on any atom is -0.616 e. The Morgan fingerprint density at radius 2 is 2.09 bits per heavy atom. The lowest BCUT2D eigenvalue weighted by Gasteiger charge is -2.28. The van der Waals surface area contributed by atoms with E-state index in [2.05, 4.69) is 6.58 Å². The number of rotatable bonds is 2. The smallest absolute Gasteiger partial charge is 0.165 e. The SMILES string of the molecule is C=C(C=O)N1CC[S+]([O-])CC1. The maximum Gasteiger partial charge on any atom is 0.165 e. The molecule has 0 N–H and O–H groups in total. The summed E-state index contributed by atoms with van der Waals surface area (Å²) < 4.78 is 10.9. The summed E-state index contributed by atoms with van der Waals surface area (Å²) in [4.78, 5) is 12.1. The van der Waals surface area contributed by atoms with E-state index in [0.717, 1.165) is 6.29 Å². The second kappa shape index (κ2) is 3.78. The Balaban J connectivity index is 2.38. The largest absolute Gasteiger partial charge is 0.616 e. The molecule has 0 aromatic heterocycles. The van der Waals surface area contributed by atoms with Crippen molar-refractivity contribution < 1.29 is 9.35 Å². The summed E-state index contributed by atoms with van der Waals surface area (Å²) in [5.41, 5.74) is 0.502. The van der Waals surface area contributed by atoms with Gasteiger partial charge in [0.1, 0.15) is 11.5 Å². The van der Waals surface area contributed by atoms with Gasteiger partial charge in [0.2, 0.25) is 0 Å². The molecular formula is C7H11NO2S. The van der Waals surface area contributed by atoms with E-state index in [1.54, 1.807) is 0 Å². The Bertz CT molecular complexity index is 164. The van der Waals surface area contributed by atoms with Gasteiger partial charge in [-0.1, -0.05) is 17.8 Å². The molecule has 62 valence electrons. The minimum atomic E-state index is -0.678. The third-order valence-electron chi connectivity index (χ3n) is 1.72. The van der Waals surface area contributed by atoms with Crippen molar-refractivity contribution in [3.05, 3.63) is 12.3 Å². The molecule has 0 atom stereocenters. The van der Waals surface area contributed by atoms with Crippen LogP contribution in [0.15, 0.2) is 12.3 Å². The van der Waals surface area contributed by atoms with Crippen LogP contribution in [0.4, 0.5) is 0 Å². The molecule has 1 heterocycles. The second-order valence-electron chi connectivity index (χ2n) is 2.44. The number of carbonyl (C=O) groups is 1. The molecule has 1 fully saturated rings. The van der Waals surface area contributed by atoms with Crippen LogP contribution in [0.3, 0.4) is 0 Å². The second-order valence-corrected chi connectivity index (χ2v) is 4.14. The average molecular weight is 173 g/mol. The Labute approximate surface area is 69.2 Å². The molecule has 3 nitrogen and oxygen atoms in total. The van der Waals surface area contributed by atoms with Gasteiger partial charge in [0.05, 0.1) is 18.8 Å². The molecule has 1 aliphatic rings. The van der Waals surface area contributed by atoms with E-state index in [-0.39, 0.29) is 0 Å². The number of hydrogen-bond donors (Lipinski definition) is 0. The Morgan fingerprint density at radius 3 is 2.55 bits per heavy atom. The first kappa shape index (κ1) is 8.62. The van der Waals surface area contributed by atoms with Crippen LogP contribution in [0.5, 0.6) is 0 Å². The molecule has 0 radical (unpaired) electrons. The van der Waals surface area contributed by atoms with Gasteiger partial charge in [-0.25, -0.2) is 0 Å². The van der Waals surface area contributed by atoms with Gasteiger partial charge < -0.3 is 9.45 Å². The van der Waals surface area contributed by atoms with Crippen LogP contribution >= 0.6 is 0 Å². The normalized spacial score (nSPS) is 19.9. The molecular weight excluding hydrogens is 162 g/mol. The molecule has 0 unspecified atom stereocenters. The van der Waals surface area contributed by atoms with Crippen LogP contribution in [-0.2, 0) is 16.0 Å². The molecule has 0 amide bonds. The van der Waals surface area contributed by atoms with Crippen LogP contribution in [0.2, 0.25) is 0 Å². The molecule has 0 saturated carbocycles. The van der Waals surface area contributed by atoms with Crippen molar-refractivity contribution in [2.24, 2.45) is 0 Å². The Hall–Kier alpha value is -0.480. The van der Waals surface area contributed by atoms with Gasteiger partial charge in [-0.2, -0.15) is 0 Å². The number of hydrogen-bond acceptors (Lipinski definition) is 3. The van der Waals surface area contributed by atoms with Gasteiger partial charge in [-0.05, 0) is 0 Å². The molecule has 0 spiro atoms. The van der Waals surface area contributed by atoms with Gasteiger partial charge in [-0.3, -0.25) is 4.79 Å². The summed E-state index contributed by atoms with van der Waals surface area (Å²) in [5, 5.41) is 0. The van der Waals surface area contributed by atoms with Crippen LogP contribution in [-0.4, -0.2) is 40.3 Å². The van der Waals surface area contributed by atoms with Crippen molar-refractivity contribution in [2.45, 2.75) is 0 Å². The van der Waals surface area contributed by atoms with E-state index >= 15 is 0 Å². The Morgan fingerprint density at radius 1 is 1.55 bits per heavy atom. The fraction of sp³-hybridized carbons (Fsp3) is 0.571. The van der Waals surface area contributed by atoms with Crippen molar-refractivity contribution in [1.82, 2.24) is 4.90 Å². The highest BCUT2D eigenvalue weighted by molar-refractivity contribution is 7.91. The monoisotopic (exact) mass is 173 g/mol. The maximum atomic E-state index is 10.9. The highest BCUT2D eigenvalue weighted by Gasteiger charge is 2.19. The van der Waals surface area contributed by atoms with E-state index in [4.69, 9.17) is 0 Å². The van der Waals surface area contributed by atoms with Gasteiger partial charge in [0.25, 0.3) is 0 Å². The lowest BCUT2D eigenvalue weighted by atomic mass is 10.4. The number of nitrogens with zero attached hydrogens (tertiary/aromatic N) is 1. The topological polar surface area (TPSA) is 43.4 Å². The lowest BCUT2D eigenvalue weighted by molar-refractivity contribution is -0.106. The van der Waals surface area contributed by atoms with Crippen molar-refractivity contribution in [3.63, 3.8) is 0 Å². The first-order valence-corrected chi connectivity index (χ1v) is 4.97. The number of aldehydes is 1. The molecule has 1 rings (SSSR count). The first-order chi connectivity index (χ1) is 5.24. The molecule has 0 aromatic carbocycles. The molecule has 1 aliphatic heterocycles. The Kier molecular flexibility index (Phi) is 2.96. The zero-order chi connectivity index (χ0) is 8.27. The summed E-state index contributed by atoms with van der Waals surface area (Å²) in [6.07, 6.45) is 0.744. The van der Waals surface area contributed by atoms with Crippen molar-refractivity contribution in [1.29, 1.82) is 0 Å². The number of carbonyl (C=O) groups excluding carboxylic acids is 1. The van der Waals surface area contributed by atoms with Crippen molar-refractivity contribution >= 4 is 17.5 Å². The third kappa shape index (κ3) is 2.24. The van der Waals surface area contributed by atoms with Gasteiger partial charge in [0, 0.05) is 0 Å². The van der Waals surface area contributed by atoms with Crippen LogP contribution in [0.25, 0.3) is 0 Å². The lowest BCUT2D eigenvalue weighted by Crippen LogP contribution is -2.39. The predicted molar refractivity (Wildman–Crippen MR) is 44.7 cm³/mol. The van der Waals surface area contributed by atoms with E-state index < -0.39 is 11.2 Å². The summed E-state index contributed by atoms with van der Waals surface area (Å²) in [5.74, 6) is 1.32. The van der Waals surface area contributed by atoms with Crippen LogP contribution in [0, 0.1) is 0 Å². The molecule has 11 heavy (non-hydrogen) atoms. The van der Waals surface area contributed by atoms with E-state index in [1.807, 2.05) is 4.90 Å². The third-order valence-corrected chi connectivity index (χ3v) is 3.00. The quantitative estimate of drug-likeness (QED) is 0.329. The summed E-state index contributed by atoms with van der Waals surface area (Å²) in [6, 6.07) is 0. The number of allylic oxidation sites excluding steroid dienone is 1. The van der Waals surface area contributed by atoms with Gasteiger partial charge >= 0.3 is 0 Å². The first-order valence-electron chi connectivity index (χ1n) is 3.48. The summed E-state index contributed by atoms with van der Waals surface area (Å²) in [6.45, 7) is 4.98. The van der Waals surface area contributed by atoms with Crippen LogP contribution in [0.1, 0.15) is 0 Å². The zero-order valence-electron chi connectivity index (χ0n) is 6.28. The maximum absolute atomic E-state index is 10.9. The standard InChI is InChI=1S/C7H11NO2S/c1-7(6-9)8-2-4-11(10)5-3-8/h6H,1-5H2. The highest BCUT2D eigenvalue weighted by atomic mass is 32.2. The molecule has 0 aromatic rings. The van der Waals surface area contributed by atoms with Crippen molar-refractivity contribution in [3.8, 4) is 0 Å². The molecule has 0 aliphatic carbocycles. The summed E-state index contributed by atoms with van der Waals surface area (Å²) in [7, 11) is 0. The fourth-order valence-corrected chi connectivity index (χ4v) is 2.05. The molecule has 1 saturated heterocycles. The zero-order valence-corrected chi connectivity index (χ0v) is 7.10.